The summed E-state index contributed by atoms with van der Waals surface area (Å²) in [5.41, 5.74) is 4.10. The van der Waals surface area contributed by atoms with Crippen molar-refractivity contribution in [1.29, 1.82) is 0 Å². The van der Waals surface area contributed by atoms with Crippen LogP contribution in [0.4, 0.5) is 0 Å². The maximum absolute atomic E-state index is 12.4. The van der Waals surface area contributed by atoms with Gasteiger partial charge in [-0.15, -0.1) is 10.2 Å². The molecule has 1 amide bonds. The van der Waals surface area contributed by atoms with Crippen LogP contribution in [0.2, 0.25) is 0 Å². The number of nitrogens with zero attached hydrogens (tertiary/aromatic N) is 4. The van der Waals surface area contributed by atoms with Gasteiger partial charge in [-0.3, -0.25) is 9.69 Å². The molecule has 6 nitrogen and oxygen atoms in total. The van der Waals surface area contributed by atoms with E-state index in [1.807, 2.05) is 18.4 Å². The zero-order chi connectivity index (χ0) is 19.1. The van der Waals surface area contributed by atoms with Crippen molar-refractivity contribution < 1.29 is 4.79 Å². The molecule has 0 unspecified atom stereocenters. The van der Waals surface area contributed by atoms with Crippen molar-refractivity contribution in [3.05, 3.63) is 46.5 Å². The molecular formula is C21H29N5O. The number of rotatable bonds is 4. The Morgan fingerprint density at radius 2 is 1.96 bits per heavy atom. The molecule has 1 aromatic heterocycles. The van der Waals surface area contributed by atoms with Gasteiger partial charge in [0.15, 0.2) is 0 Å². The Balaban J connectivity index is 1.46. The Labute approximate surface area is 161 Å². The van der Waals surface area contributed by atoms with Crippen LogP contribution in [0.25, 0.3) is 0 Å². The van der Waals surface area contributed by atoms with Crippen LogP contribution in [-0.4, -0.2) is 44.7 Å². The highest BCUT2D eigenvalue weighted by molar-refractivity contribution is 5.90. The highest BCUT2D eigenvalue weighted by Crippen LogP contribution is 2.33. The molecule has 1 saturated heterocycles. The number of amides is 1. The van der Waals surface area contributed by atoms with E-state index < -0.39 is 0 Å². The van der Waals surface area contributed by atoms with Gasteiger partial charge in [-0.25, -0.2) is 0 Å². The van der Waals surface area contributed by atoms with Crippen LogP contribution >= 0.6 is 0 Å². The van der Waals surface area contributed by atoms with Crippen molar-refractivity contribution >= 4 is 5.91 Å². The summed E-state index contributed by atoms with van der Waals surface area (Å²) in [4.78, 5) is 15.0. The fraction of sp³-hybridized carbons (Fsp3) is 0.571. The first-order valence-electron chi connectivity index (χ1n) is 9.92. The average Bonchev–Trinajstić information content (AvgIpc) is 3.18. The van der Waals surface area contributed by atoms with Crippen LogP contribution in [-0.2, 0) is 19.5 Å². The second-order valence-electron chi connectivity index (χ2n) is 8.53. The summed E-state index contributed by atoms with van der Waals surface area (Å²) in [6, 6.07) is 6.80. The van der Waals surface area contributed by atoms with Gasteiger partial charge in [0.05, 0.1) is 0 Å². The lowest BCUT2D eigenvalue weighted by Crippen LogP contribution is -2.35. The number of nitrogens with one attached hydrogen (secondary N) is 1. The third-order valence-electron chi connectivity index (χ3n) is 5.86. The Morgan fingerprint density at radius 1 is 1.19 bits per heavy atom. The molecule has 0 aliphatic carbocycles. The van der Waals surface area contributed by atoms with Gasteiger partial charge in [0, 0.05) is 38.6 Å². The zero-order valence-electron chi connectivity index (χ0n) is 16.7. The smallest absolute Gasteiger partial charge is 0.289 e. The topological polar surface area (TPSA) is 63.1 Å². The van der Waals surface area contributed by atoms with E-state index in [0.717, 1.165) is 38.4 Å². The zero-order valence-corrected chi connectivity index (χ0v) is 16.7. The molecule has 3 heterocycles. The summed E-state index contributed by atoms with van der Waals surface area (Å²) in [6.45, 7) is 12.3. The monoisotopic (exact) mass is 367 g/mol. The number of hydrogen-bond donors (Lipinski definition) is 1. The highest BCUT2D eigenvalue weighted by Gasteiger charge is 2.39. The largest absolute Gasteiger partial charge is 0.347 e. The SMILES string of the molecule is Cc1ccc(C)c(CN2C[C@H]3Cc4nnc(C(=O)NC(C)C)n4C[C@H]3C2)c1. The van der Waals surface area contributed by atoms with Crippen molar-refractivity contribution in [1.82, 2.24) is 25.0 Å². The Morgan fingerprint density at radius 3 is 2.74 bits per heavy atom. The first-order valence-corrected chi connectivity index (χ1v) is 9.92. The molecule has 0 bridgehead atoms. The first-order chi connectivity index (χ1) is 12.9. The molecule has 0 spiro atoms. The molecule has 1 aromatic carbocycles. The predicted molar refractivity (Wildman–Crippen MR) is 105 cm³/mol. The van der Waals surface area contributed by atoms with Crippen molar-refractivity contribution in [2.45, 2.75) is 53.2 Å². The third kappa shape index (κ3) is 3.63. The second kappa shape index (κ2) is 7.08. The Hall–Kier alpha value is -2.21. The van der Waals surface area contributed by atoms with Crippen molar-refractivity contribution in [2.75, 3.05) is 13.1 Å². The Bertz CT molecular complexity index is 856. The number of likely N-dealkylation sites (tertiary alicyclic amines) is 1. The lowest BCUT2D eigenvalue weighted by atomic mass is 9.89. The minimum atomic E-state index is -0.118. The average molecular weight is 367 g/mol. The number of carbonyl (C=O) groups excluding carboxylic acids is 1. The molecule has 4 rings (SSSR count). The number of aryl methyl sites for hydroxylation is 2. The van der Waals surface area contributed by atoms with Crippen LogP contribution in [0.1, 0.15) is 47.0 Å². The van der Waals surface area contributed by atoms with Gasteiger partial charge in [-0.05, 0) is 50.7 Å². The number of carbonyl (C=O) groups is 1. The van der Waals surface area contributed by atoms with Crippen LogP contribution in [0.3, 0.4) is 0 Å². The standard InChI is InChI=1S/C21H29N5O/c1-13(2)22-21(27)20-24-23-19-8-17-10-25(11-18(17)12-26(19)20)9-16-7-14(3)5-6-15(16)4/h5-7,13,17-18H,8-12H2,1-4H3,(H,22,27)/t17-,18-/m1/s1. The Kier molecular flexibility index (Phi) is 4.76. The third-order valence-corrected chi connectivity index (χ3v) is 5.86. The van der Waals surface area contributed by atoms with Crippen LogP contribution in [0.15, 0.2) is 18.2 Å². The summed E-state index contributed by atoms with van der Waals surface area (Å²) in [6.07, 6.45) is 0.913. The highest BCUT2D eigenvalue weighted by atomic mass is 16.2. The normalized spacial score (nSPS) is 22.0. The summed E-state index contributed by atoms with van der Waals surface area (Å²) in [5, 5.41) is 11.4. The maximum Gasteiger partial charge on any atom is 0.289 e. The van der Waals surface area contributed by atoms with Crippen LogP contribution in [0, 0.1) is 25.7 Å². The number of hydrogen-bond acceptors (Lipinski definition) is 4. The predicted octanol–water partition coefficient (Wildman–Crippen LogP) is 2.34. The summed E-state index contributed by atoms with van der Waals surface area (Å²) < 4.78 is 2.04. The molecule has 1 N–H and O–H groups in total. The van der Waals surface area contributed by atoms with Gasteiger partial charge < -0.3 is 9.88 Å². The van der Waals surface area contributed by atoms with E-state index in [1.54, 1.807) is 0 Å². The summed E-state index contributed by atoms with van der Waals surface area (Å²) >= 11 is 0. The molecule has 27 heavy (non-hydrogen) atoms. The fourth-order valence-electron chi connectivity index (χ4n) is 4.46. The van der Waals surface area contributed by atoms with Crippen molar-refractivity contribution in [2.24, 2.45) is 11.8 Å². The van der Waals surface area contributed by atoms with E-state index in [1.165, 1.54) is 16.7 Å². The van der Waals surface area contributed by atoms with Crippen molar-refractivity contribution in [3.63, 3.8) is 0 Å². The van der Waals surface area contributed by atoms with Gasteiger partial charge in [-0.2, -0.15) is 0 Å². The lowest BCUT2D eigenvalue weighted by Gasteiger charge is -2.25. The van der Waals surface area contributed by atoms with Gasteiger partial charge in [0.1, 0.15) is 5.82 Å². The maximum atomic E-state index is 12.4. The minimum Gasteiger partial charge on any atom is -0.347 e. The quantitative estimate of drug-likeness (QED) is 0.901. The molecule has 2 aliphatic heterocycles. The molecule has 2 aliphatic rings. The molecule has 0 radical (unpaired) electrons. The molecular weight excluding hydrogens is 338 g/mol. The summed E-state index contributed by atoms with van der Waals surface area (Å²) in [5.74, 6) is 2.47. The molecule has 0 saturated carbocycles. The van der Waals surface area contributed by atoms with Crippen LogP contribution in [0.5, 0.6) is 0 Å². The van der Waals surface area contributed by atoms with Gasteiger partial charge in [0.25, 0.3) is 5.91 Å². The van der Waals surface area contributed by atoms with Crippen LogP contribution < -0.4 is 5.32 Å². The van der Waals surface area contributed by atoms with Gasteiger partial charge in [-0.1, -0.05) is 23.8 Å². The van der Waals surface area contributed by atoms with E-state index in [0.29, 0.717) is 17.7 Å². The first kappa shape index (κ1) is 18.2. The molecule has 2 atom stereocenters. The fourth-order valence-corrected chi connectivity index (χ4v) is 4.46. The second-order valence-corrected chi connectivity index (χ2v) is 8.53. The minimum absolute atomic E-state index is 0.0985. The number of aromatic nitrogens is 3. The van der Waals surface area contributed by atoms with E-state index in [4.69, 9.17) is 0 Å². The molecule has 1 fully saturated rings. The lowest BCUT2D eigenvalue weighted by molar-refractivity contribution is 0.0924. The van der Waals surface area contributed by atoms with Crippen molar-refractivity contribution in [3.8, 4) is 0 Å². The molecule has 6 heteroatoms. The van der Waals surface area contributed by atoms with E-state index in [2.05, 4.69) is 52.5 Å². The summed E-state index contributed by atoms with van der Waals surface area (Å²) in [7, 11) is 0. The number of fused-ring (bicyclic) bond motifs is 2. The van der Waals surface area contributed by atoms with Gasteiger partial charge >= 0.3 is 0 Å². The van der Waals surface area contributed by atoms with E-state index in [9.17, 15) is 4.79 Å². The van der Waals surface area contributed by atoms with E-state index in [-0.39, 0.29) is 11.9 Å². The van der Waals surface area contributed by atoms with E-state index >= 15 is 0 Å². The van der Waals surface area contributed by atoms with Gasteiger partial charge in [0.2, 0.25) is 5.82 Å². The molecule has 144 valence electrons. The number of benzene rings is 1. The molecule has 2 aromatic rings.